The van der Waals surface area contributed by atoms with Crippen molar-refractivity contribution in [2.24, 2.45) is 4.99 Å². The molecule has 0 aromatic heterocycles. The first kappa shape index (κ1) is 17.7. The van der Waals surface area contributed by atoms with Gasteiger partial charge in [0.25, 0.3) is 0 Å². The summed E-state index contributed by atoms with van der Waals surface area (Å²) in [5, 5.41) is 0. The number of esters is 1. The van der Waals surface area contributed by atoms with Crippen LogP contribution in [0.25, 0.3) is 6.08 Å². The van der Waals surface area contributed by atoms with E-state index >= 15 is 0 Å². The Kier molecular flexibility index (Phi) is 5.69. The minimum Gasteiger partial charge on any atom is -0.497 e. The van der Waals surface area contributed by atoms with Crippen molar-refractivity contribution in [1.29, 1.82) is 0 Å². The third-order valence-electron chi connectivity index (χ3n) is 3.92. The minimum atomic E-state index is -0.417. The number of nitrogens with zero attached hydrogens (tertiary/aromatic N) is 1. The van der Waals surface area contributed by atoms with E-state index < -0.39 is 5.97 Å². The zero-order chi connectivity index (χ0) is 18.4. The maximum atomic E-state index is 12.0. The standard InChI is InChI=1S/C21H21NO4/c1-3-25-17-10-7-16(8-11-17)14-19-21(23)26-20(22-19)12-9-15-5-4-6-18(13-15)24-2/h4-8,10-11,13-14H,3,9,12H2,1-2H3/b19-14+. The lowest BCUT2D eigenvalue weighted by atomic mass is 10.1. The summed E-state index contributed by atoms with van der Waals surface area (Å²) in [7, 11) is 1.64. The molecule has 0 bridgehead atoms. The van der Waals surface area contributed by atoms with Gasteiger partial charge < -0.3 is 14.2 Å². The summed E-state index contributed by atoms with van der Waals surface area (Å²) < 4.78 is 15.9. The van der Waals surface area contributed by atoms with E-state index in [0.717, 1.165) is 29.0 Å². The molecule has 0 N–H and O–H groups in total. The second-order valence-electron chi connectivity index (χ2n) is 5.78. The van der Waals surface area contributed by atoms with Crippen LogP contribution in [-0.2, 0) is 16.0 Å². The van der Waals surface area contributed by atoms with Crippen molar-refractivity contribution in [1.82, 2.24) is 0 Å². The highest BCUT2D eigenvalue weighted by Gasteiger charge is 2.22. The molecule has 1 heterocycles. The van der Waals surface area contributed by atoms with Crippen molar-refractivity contribution in [3.05, 3.63) is 65.4 Å². The van der Waals surface area contributed by atoms with Crippen LogP contribution < -0.4 is 9.47 Å². The average Bonchev–Trinajstić information content (AvgIpc) is 3.01. The molecule has 0 saturated heterocycles. The molecule has 0 atom stereocenters. The van der Waals surface area contributed by atoms with Gasteiger partial charge >= 0.3 is 5.97 Å². The van der Waals surface area contributed by atoms with Gasteiger partial charge in [0.1, 0.15) is 11.5 Å². The molecule has 5 nitrogen and oxygen atoms in total. The molecule has 1 aliphatic heterocycles. The highest BCUT2D eigenvalue weighted by molar-refractivity contribution is 6.07. The van der Waals surface area contributed by atoms with Crippen LogP contribution in [0, 0.1) is 0 Å². The number of methoxy groups -OCH3 is 1. The lowest BCUT2D eigenvalue weighted by molar-refractivity contribution is -0.130. The van der Waals surface area contributed by atoms with Crippen LogP contribution in [0.1, 0.15) is 24.5 Å². The summed E-state index contributed by atoms with van der Waals surface area (Å²) in [4.78, 5) is 16.3. The van der Waals surface area contributed by atoms with Gasteiger partial charge in [-0.2, -0.15) is 0 Å². The normalized spacial score (nSPS) is 14.9. The largest absolute Gasteiger partial charge is 0.497 e. The van der Waals surface area contributed by atoms with Crippen molar-refractivity contribution in [3.63, 3.8) is 0 Å². The summed E-state index contributed by atoms with van der Waals surface area (Å²) in [5.74, 6) is 1.63. The Bertz CT molecular complexity index is 837. The monoisotopic (exact) mass is 351 g/mol. The summed E-state index contributed by atoms with van der Waals surface area (Å²) in [6, 6.07) is 15.3. The molecule has 0 saturated carbocycles. The van der Waals surface area contributed by atoms with Crippen LogP contribution in [0.3, 0.4) is 0 Å². The number of carbonyl (C=O) groups excluding carboxylic acids is 1. The van der Waals surface area contributed by atoms with Crippen LogP contribution in [-0.4, -0.2) is 25.6 Å². The zero-order valence-electron chi connectivity index (χ0n) is 14.9. The Morgan fingerprint density at radius 3 is 2.62 bits per heavy atom. The first-order chi connectivity index (χ1) is 12.7. The van der Waals surface area contributed by atoms with E-state index in [1.807, 2.05) is 55.5 Å². The molecule has 134 valence electrons. The Balaban J connectivity index is 1.66. The van der Waals surface area contributed by atoms with Crippen molar-refractivity contribution >= 4 is 17.9 Å². The first-order valence-corrected chi connectivity index (χ1v) is 8.55. The highest BCUT2D eigenvalue weighted by atomic mass is 16.6. The van der Waals surface area contributed by atoms with Gasteiger partial charge in [0.05, 0.1) is 13.7 Å². The van der Waals surface area contributed by atoms with Crippen molar-refractivity contribution < 1.29 is 19.0 Å². The predicted molar refractivity (Wildman–Crippen MR) is 100 cm³/mol. The van der Waals surface area contributed by atoms with Gasteiger partial charge in [-0.05, 0) is 54.8 Å². The van der Waals surface area contributed by atoms with Gasteiger partial charge in [0, 0.05) is 6.42 Å². The van der Waals surface area contributed by atoms with E-state index in [-0.39, 0.29) is 0 Å². The number of aliphatic imine (C=N–C) groups is 1. The first-order valence-electron chi connectivity index (χ1n) is 8.55. The minimum absolute atomic E-state index is 0.315. The van der Waals surface area contributed by atoms with Crippen LogP contribution in [0.4, 0.5) is 0 Å². The lowest BCUT2D eigenvalue weighted by Gasteiger charge is -2.03. The maximum absolute atomic E-state index is 12.0. The van der Waals surface area contributed by atoms with E-state index in [4.69, 9.17) is 14.2 Å². The van der Waals surface area contributed by atoms with Crippen LogP contribution in [0.5, 0.6) is 11.5 Å². The fourth-order valence-corrected chi connectivity index (χ4v) is 2.62. The molecular weight excluding hydrogens is 330 g/mol. The quantitative estimate of drug-likeness (QED) is 0.558. The number of cyclic esters (lactones) is 1. The van der Waals surface area contributed by atoms with Gasteiger partial charge in [-0.25, -0.2) is 9.79 Å². The number of benzene rings is 2. The number of hydrogen-bond acceptors (Lipinski definition) is 5. The van der Waals surface area contributed by atoms with Gasteiger partial charge in [0.2, 0.25) is 0 Å². The van der Waals surface area contributed by atoms with Crippen molar-refractivity contribution in [2.75, 3.05) is 13.7 Å². The van der Waals surface area contributed by atoms with Gasteiger partial charge in [0.15, 0.2) is 11.6 Å². The highest BCUT2D eigenvalue weighted by Crippen LogP contribution is 2.20. The summed E-state index contributed by atoms with van der Waals surface area (Å²) in [6.45, 7) is 2.56. The molecule has 5 heteroatoms. The number of ether oxygens (including phenoxy) is 3. The molecule has 0 amide bonds. The van der Waals surface area contributed by atoms with E-state index in [1.54, 1.807) is 13.2 Å². The molecule has 2 aromatic carbocycles. The average molecular weight is 351 g/mol. The molecule has 3 rings (SSSR count). The fraction of sp³-hybridized carbons (Fsp3) is 0.238. The molecule has 0 aliphatic carbocycles. The summed E-state index contributed by atoms with van der Waals surface area (Å²) in [6.07, 6.45) is 3.00. The van der Waals surface area contributed by atoms with Crippen LogP contribution in [0.2, 0.25) is 0 Å². The summed E-state index contributed by atoms with van der Waals surface area (Å²) in [5.41, 5.74) is 2.29. The smallest absolute Gasteiger partial charge is 0.363 e. The van der Waals surface area contributed by atoms with Gasteiger partial charge in [-0.3, -0.25) is 0 Å². The lowest BCUT2D eigenvalue weighted by Crippen LogP contribution is -2.05. The third-order valence-corrected chi connectivity index (χ3v) is 3.92. The summed E-state index contributed by atoms with van der Waals surface area (Å²) >= 11 is 0. The molecule has 2 aromatic rings. The number of carbonyl (C=O) groups is 1. The Hall–Kier alpha value is -3.08. The maximum Gasteiger partial charge on any atom is 0.363 e. The topological polar surface area (TPSA) is 57.1 Å². The van der Waals surface area contributed by atoms with Gasteiger partial charge in [-0.1, -0.05) is 24.3 Å². The third kappa shape index (κ3) is 4.51. The second-order valence-corrected chi connectivity index (χ2v) is 5.78. The molecule has 0 fully saturated rings. The van der Waals surface area contributed by atoms with Crippen molar-refractivity contribution in [3.8, 4) is 11.5 Å². The number of rotatable bonds is 7. The molecule has 0 unspecified atom stereocenters. The number of hydrogen-bond donors (Lipinski definition) is 0. The molecular formula is C21H21NO4. The van der Waals surface area contributed by atoms with E-state index in [1.165, 1.54) is 0 Å². The Labute approximate surface area is 152 Å². The number of aryl methyl sites for hydroxylation is 1. The molecule has 1 aliphatic rings. The SMILES string of the molecule is CCOc1ccc(/C=C2/N=C(CCc3cccc(OC)c3)OC2=O)cc1. The zero-order valence-corrected chi connectivity index (χ0v) is 14.9. The fourth-order valence-electron chi connectivity index (χ4n) is 2.62. The van der Waals surface area contributed by atoms with E-state index in [2.05, 4.69) is 4.99 Å². The Morgan fingerprint density at radius 2 is 1.88 bits per heavy atom. The predicted octanol–water partition coefficient (Wildman–Crippen LogP) is 4.02. The molecule has 0 radical (unpaired) electrons. The van der Waals surface area contributed by atoms with E-state index in [9.17, 15) is 4.79 Å². The van der Waals surface area contributed by atoms with Crippen molar-refractivity contribution in [2.45, 2.75) is 19.8 Å². The molecule has 0 spiro atoms. The van der Waals surface area contributed by atoms with Gasteiger partial charge in [-0.15, -0.1) is 0 Å². The van der Waals surface area contributed by atoms with Crippen LogP contribution in [0.15, 0.2) is 59.2 Å². The Morgan fingerprint density at radius 1 is 1.08 bits per heavy atom. The van der Waals surface area contributed by atoms with Crippen LogP contribution >= 0.6 is 0 Å². The second kappa shape index (κ2) is 8.34. The van der Waals surface area contributed by atoms with E-state index in [0.29, 0.717) is 24.6 Å². The molecule has 26 heavy (non-hydrogen) atoms.